The van der Waals surface area contributed by atoms with Crippen molar-refractivity contribution in [3.63, 3.8) is 0 Å². The molecule has 1 aliphatic rings. The number of nitrogens with zero attached hydrogens (tertiary/aromatic N) is 4. The Morgan fingerprint density at radius 3 is 2.72 bits per heavy atom. The number of fused-ring (bicyclic) bond motifs is 1. The number of rotatable bonds is 6. The van der Waals surface area contributed by atoms with Crippen molar-refractivity contribution in [3.8, 4) is 11.9 Å². The van der Waals surface area contributed by atoms with Crippen LogP contribution in [0, 0.1) is 18.3 Å². The van der Waals surface area contributed by atoms with Crippen molar-refractivity contribution in [2.75, 3.05) is 39.4 Å². The van der Waals surface area contributed by atoms with Crippen LogP contribution in [0.3, 0.4) is 0 Å². The van der Waals surface area contributed by atoms with Gasteiger partial charge in [0.05, 0.1) is 31.9 Å². The summed E-state index contributed by atoms with van der Waals surface area (Å²) in [5, 5.41) is 22.6. The van der Waals surface area contributed by atoms with Crippen molar-refractivity contribution in [1.82, 2.24) is 9.47 Å². The lowest BCUT2D eigenvalue weighted by Crippen LogP contribution is -2.37. The minimum atomic E-state index is -0.499. The van der Waals surface area contributed by atoms with Crippen LogP contribution in [0.25, 0.3) is 10.8 Å². The number of benzene rings is 2. The van der Waals surface area contributed by atoms with E-state index in [1.165, 1.54) is 4.57 Å². The highest BCUT2D eigenvalue weighted by Gasteiger charge is 2.19. The average Bonchev–Trinajstić information content (AvgIpc) is 2.82. The van der Waals surface area contributed by atoms with Gasteiger partial charge in [-0.1, -0.05) is 42.5 Å². The maximum Gasteiger partial charge on any atom is 0.271 e. The van der Waals surface area contributed by atoms with Gasteiger partial charge in [0.2, 0.25) is 5.88 Å². The number of hydrogen-bond acceptors (Lipinski definition) is 6. The van der Waals surface area contributed by atoms with Gasteiger partial charge in [0.1, 0.15) is 11.6 Å². The predicted molar refractivity (Wildman–Crippen MR) is 125 cm³/mol. The summed E-state index contributed by atoms with van der Waals surface area (Å²) < 4.78 is 6.62. The summed E-state index contributed by atoms with van der Waals surface area (Å²) in [4.78, 5) is 19.7. The molecule has 164 valence electrons. The van der Waals surface area contributed by atoms with E-state index >= 15 is 0 Å². The van der Waals surface area contributed by atoms with Gasteiger partial charge >= 0.3 is 0 Å². The third-order valence-electron chi connectivity index (χ3n) is 5.92. The molecule has 0 radical (unpaired) electrons. The summed E-state index contributed by atoms with van der Waals surface area (Å²) in [5.41, 5.74) is 1.27. The molecule has 0 spiro atoms. The summed E-state index contributed by atoms with van der Waals surface area (Å²) in [6.07, 6.45) is 1.57. The molecule has 2 heterocycles. The van der Waals surface area contributed by atoms with Crippen molar-refractivity contribution in [2.45, 2.75) is 13.5 Å². The van der Waals surface area contributed by atoms with Crippen molar-refractivity contribution in [1.29, 1.82) is 5.26 Å². The average molecular weight is 431 g/mol. The quantitative estimate of drug-likeness (QED) is 0.607. The molecule has 0 aliphatic carbocycles. The van der Waals surface area contributed by atoms with Crippen molar-refractivity contribution in [3.05, 3.63) is 75.1 Å². The Hall–Kier alpha value is -3.47. The zero-order valence-corrected chi connectivity index (χ0v) is 18.1. The fraction of sp³-hybridized carbons (Fsp3) is 0.320. The highest BCUT2D eigenvalue weighted by Crippen LogP contribution is 2.24. The molecule has 0 bridgehead atoms. The lowest BCUT2D eigenvalue weighted by atomic mass is 10.0. The number of aliphatic imine (C=N–C) groups is 1. The smallest absolute Gasteiger partial charge is 0.271 e. The van der Waals surface area contributed by atoms with Gasteiger partial charge < -0.3 is 9.84 Å². The van der Waals surface area contributed by atoms with Gasteiger partial charge in [0, 0.05) is 25.8 Å². The minimum absolute atomic E-state index is 0.0256. The van der Waals surface area contributed by atoms with E-state index in [0.717, 1.165) is 49.2 Å². The third kappa shape index (κ3) is 4.42. The Balaban J connectivity index is 1.66. The van der Waals surface area contributed by atoms with Crippen molar-refractivity contribution < 1.29 is 9.84 Å². The minimum Gasteiger partial charge on any atom is -0.494 e. The summed E-state index contributed by atoms with van der Waals surface area (Å²) in [7, 11) is 0. The number of aromatic hydroxyl groups is 1. The van der Waals surface area contributed by atoms with E-state index in [9.17, 15) is 15.2 Å². The van der Waals surface area contributed by atoms with Crippen LogP contribution in [-0.4, -0.2) is 60.2 Å². The van der Waals surface area contributed by atoms with Crippen LogP contribution in [-0.2, 0) is 11.3 Å². The Bertz CT molecular complexity index is 1250. The fourth-order valence-electron chi connectivity index (χ4n) is 4.05. The van der Waals surface area contributed by atoms with Gasteiger partial charge in [0.25, 0.3) is 5.56 Å². The first-order chi connectivity index (χ1) is 15.6. The molecule has 32 heavy (non-hydrogen) atoms. The lowest BCUT2D eigenvalue weighted by molar-refractivity contribution is 0.0395. The van der Waals surface area contributed by atoms with E-state index in [-0.39, 0.29) is 18.0 Å². The normalized spacial score (nSPS) is 14.8. The van der Waals surface area contributed by atoms with Crippen LogP contribution < -0.4 is 5.56 Å². The molecule has 1 aromatic heterocycles. The van der Waals surface area contributed by atoms with Crippen LogP contribution in [0.1, 0.15) is 22.3 Å². The van der Waals surface area contributed by atoms with E-state index in [1.54, 1.807) is 13.1 Å². The van der Waals surface area contributed by atoms with E-state index in [0.29, 0.717) is 17.7 Å². The molecule has 7 nitrogen and oxygen atoms in total. The first-order valence-corrected chi connectivity index (χ1v) is 10.7. The predicted octanol–water partition coefficient (Wildman–Crippen LogP) is 2.69. The second-order valence-corrected chi connectivity index (χ2v) is 7.87. The maximum absolute atomic E-state index is 13.0. The number of pyridine rings is 1. The third-order valence-corrected chi connectivity index (χ3v) is 5.92. The number of hydrogen-bond donors (Lipinski definition) is 1. The number of morpholine rings is 1. The van der Waals surface area contributed by atoms with Crippen LogP contribution >= 0.6 is 0 Å². The van der Waals surface area contributed by atoms with Gasteiger partial charge in [0.15, 0.2) is 0 Å². The highest BCUT2D eigenvalue weighted by atomic mass is 16.5. The van der Waals surface area contributed by atoms with E-state index in [1.807, 2.05) is 48.5 Å². The molecule has 0 amide bonds. The molecule has 1 N–H and O–H groups in total. The number of ether oxygens (including phenoxy) is 1. The lowest BCUT2D eigenvalue weighted by Gasteiger charge is -2.25. The van der Waals surface area contributed by atoms with E-state index < -0.39 is 5.56 Å². The first kappa shape index (κ1) is 21.8. The van der Waals surface area contributed by atoms with Crippen LogP contribution in [0.15, 0.2) is 52.3 Å². The molecule has 0 atom stereocenters. The summed E-state index contributed by atoms with van der Waals surface area (Å²) >= 11 is 0. The summed E-state index contributed by atoms with van der Waals surface area (Å²) in [5.74, 6) is -0.172. The van der Waals surface area contributed by atoms with Crippen LogP contribution in [0.5, 0.6) is 5.88 Å². The molecule has 7 heteroatoms. The van der Waals surface area contributed by atoms with E-state index in [2.05, 4.69) is 9.89 Å². The van der Waals surface area contributed by atoms with Gasteiger partial charge in [-0.25, -0.2) is 0 Å². The monoisotopic (exact) mass is 430 g/mol. The van der Waals surface area contributed by atoms with Crippen LogP contribution in [0.4, 0.5) is 0 Å². The van der Waals surface area contributed by atoms with Crippen molar-refractivity contribution >= 4 is 17.0 Å². The van der Waals surface area contributed by atoms with Gasteiger partial charge in [-0.05, 0) is 28.8 Å². The van der Waals surface area contributed by atoms with Gasteiger partial charge in [-0.15, -0.1) is 0 Å². The largest absolute Gasteiger partial charge is 0.494 e. The van der Waals surface area contributed by atoms with Crippen molar-refractivity contribution in [2.24, 2.45) is 4.99 Å². The molecule has 2 aromatic carbocycles. The molecule has 0 unspecified atom stereocenters. The van der Waals surface area contributed by atoms with Gasteiger partial charge in [-0.3, -0.25) is 19.3 Å². The Kier molecular flexibility index (Phi) is 6.64. The SMILES string of the molecule is Cc1c(C=NCCN2CCOCC2)c(O)n(Cc2cccc3ccccc23)c(=O)c1C#N. The maximum atomic E-state index is 13.0. The molecule has 3 aromatic rings. The van der Waals surface area contributed by atoms with Gasteiger partial charge in [-0.2, -0.15) is 5.26 Å². The number of aromatic nitrogens is 1. The molecular weight excluding hydrogens is 404 g/mol. The molecule has 0 saturated carbocycles. The Labute approximate surface area is 186 Å². The molecule has 1 fully saturated rings. The Morgan fingerprint density at radius 2 is 1.94 bits per heavy atom. The molecular formula is C25H26N4O3. The molecule has 1 saturated heterocycles. The van der Waals surface area contributed by atoms with Crippen LogP contribution in [0.2, 0.25) is 0 Å². The second-order valence-electron chi connectivity index (χ2n) is 7.87. The molecule has 4 rings (SSSR count). The topological polar surface area (TPSA) is 90.8 Å². The zero-order chi connectivity index (χ0) is 22.5. The zero-order valence-electron chi connectivity index (χ0n) is 18.1. The second kappa shape index (κ2) is 9.77. The summed E-state index contributed by atoms with van der Waals surface area (Å²) in [6.45, 7) is 6.41. The number of nitriles is 1. The fourth-order valence-corrected chi connectivity index (χ4v) is 4.05. The standard InChI is InChI=1S/C25H26N4O3/c1-18-22(15-26)24(30)29(17-20-7-4-6-19-5-2-3-8-21(19)20)25(31)23(18)16-27-9-10-28-11-13-32-14-12-28/h2-8,16,31H,9-14,17H2,1H3. The highest BCUT2D eigenvalue weighted by molar-refractivity contribution is 5.87. The van der Waals surface area contributed by atoms with E-state index in [4.69, 9.17) is 4.74 Å². The first-order valence-electron chi connectivity index (χ1n) is 10.7. The summed E-state index contributed by atoms with van der Waals surface area (Å²) in [6, 6.07) is 15.8. The Morgan fingerprint density at radius 1 is 1.19 bits per heavy atom. The molecule has 1 aliphatic heterocycles.